The van der Waals surface area contributed by atoms with Crippen LogP contribution in [-0.2, 0) is 14.9 Å². The lowest BCUT2D eigenvalue weighted by Crippen LogP contribution is -2.41. The first-order valence-electron chi connectivity index (χ1n) is 12.6. The number of nitrogens with one attached hydrogen (secondary N) is 2. The van der Waals surface area contributed by atoms with E-state index in [-0.39, 0.29) is 23.9 Å². The zero-order chi connectivity index (χ0) is 27.2. The van der Waals surface area contributed by atoms with Gasteiger partial charge in [-0.2, -0.15) is 5.10 Å². The van der Waals surface area contributed by atoms with Crippen LogP contribution in [0, 0.1) is 20.8 Å². The highest BCUT2D eigenvalue weighted by molar-refractivity contribution is 5.96. The third-order valence-corrected chi connectivity index (χ3v) is 6.25. The number of carbonyl (C=O) groups is 2. The van der Waals surface area contributed by atoms with Gasteiger partial charge in [-0.1, -0.05) is 45.0 Å². The molecule has 1 aromatic heterocycles. The van der Waals surface area contributed by atoms with Gasteiger partial charge in [0.1, 0.15) is 12.4 Å². The molecule has 3 rings (SSSR count). The predicted octanol–water partition coefficient (Wildman–Crippen LogP) is 5.60. The number of carbonyl (C=O) groups excluding carboxylic acids is 2. The van der Waals surface area contributed by atoms with Crippen LogP contribution in [0.5, 0.6) is 0 Å². The van der Waals surface area contributed by atoms with E-state index in [4.69, 9.17) is 9.84 Å². The summed E-state index contributed by atoms with van der Waals surface area (Å²) in [5, 5.41) is 10.7. The Labute approximate surface area is 220 Å². The van der Waals surface area contributed by atoms with Crippen LogP contribution in [0.25, 0.3) is 5.69 Å². The number of anilines is 2. The molecule has 3 aromatic rings. The summed E-state index contributed by atoms with van der Waals surface area (Å²) in [4.78, 5) is 27.9. The molecule has 198 valence electrons. The molecule has 37 heavy (non-hydrogen) atoms. The fourth-order valence-electron chi connectivity index (χ4n) is 3.85. The molecule has 0 unspecified atom stereocenters. The molecule has 0 bridgehead atoms. The van der Waals surface area contributed by atoms with Gasteiger partial charge in [0.05, 0.1) is 11.4 Å². The quantitative estimate of drug-likeness (QED) is 0.370. The van der Waals surface area contributed by atoms with E-state index in [1.165, 1.54) is 4.90 Å². The molecular formula is C29H39N5O3. The van der Waals surface area contributed by atoms with Crippen molar-refractivity contribution in [1.29, 1.82) is 0 Å². The monoisotopic (exact) mass is 505 g/mol. The van der Waals surface area contributed by atoms with Crippen molar-refractivity contribution in [3.63, 3.8) is 0 Å². The Balaban J connectivity index is 1.82. The van der Waals surface area contributed by atoms with E-state index >= 15 is 0 Å². The highest BCUT2D eigenvalue weighted by Crippen LogP contribution is 2.27. The Morgan fingerprint density at radius 1 is 0.973 bits per heavy atom. The van der Waals surface area contributed by atoms with Gasteiger partial charge in [-0.05, 0) is 62.1 Å². The van der Waals surface area contributed by atoms with Crippen LogP contribution in [0.3, 0.4) is 0 Å². The largest absolute Gasteiger partial charge is 0.385 e. The fourth-order valence-corrected chi connectivity index (χ4v) is 3.85. The molecule has 0 aliphatic carbocycles. The zero-order valence-corrected chi connectivity index (χ0v) is 23.0. The summed E-state index contributed by atoms with van der Waals surface area (Å²) in [6.45, 7) is 13.0. The van der Waals surface area contributed by atoms with Gasteiger partial charge in [-0.25, -0.2) is 9.48 Å². The van der Waals surface area contributed by atoms with Crippen molar-refractivity contribution in [2.45, 2.75) is 53.4 Å². The molecule has 0 aliphatic heterocycles. The topological polar surface area (TPSA) is 88.5 Å². The van der Waals surface area contributed by atoms with Gasteiger partial charge in [0.2, 0.25) is 5.91 Å². The minimum absolute atomic E-state index is 0.107. The number of nitrogens with zero attached hydrogens (tertiary/aromatic N) is 3. The van der Waals surface area contributed by atoms with Crippen molar-refractivity contribution in [2.24, 2.45) is 0 Å². The Kier molecular flexibility index (Phi) is 9.10. The van der Waals surface area contributed by atoms with Crippen LogP contribution >= 0.6 is 0 Å². The standard InChI is InChI=1S/C29H39N5O3/c1-20-13-14-23(17-22(20)3)30-28(36)33(15-10-16-37-7)19-27(35)31-26-18-25(29(4,5)6)32-34(26)24-12-9-8-11-21(24)2/h8-9,11-14,17-18H,10,15-16,19H2,1-7H3,(H,30,36)(H,31,35). The van der Waals surface area contributed by atoms with Gasteiger partial charge in [0, 0.05) is 37.4 Å². The highest BCUT2D eigenvalue weighted by Gasteiger charge is 2.23. The molecular weight excluding hydrogens is 466 g/mol. The Morgan fingerprint density at radius 3 is 2.35 bits per heavy atom. The number of ether oxygens (including phenoxy) is 1. The smallest absolute Gasteiger partial charge is 0.322 e. The molecule has 8 nitrogen and oxygen atoms in total. The Hall–Kier alpha value is -3.65. The minimum Gasteiger partial charge on any atom is -0.385 e. The summed E-state index contributed by atoms with van der Waals surface area (Å²) in [6, 6.07) is 15.2. The number of urea groups is 1. The Morgan fingerprint density at radius 2 is 1.70 bits per heavy atom. The summed E-state index contributed by atoms with van der Waals surface area (Å²) >= 11 is 0. The van der Waals surface area contributed by atoms with Crippen LogP contribution in [0.15, 0.2) is 48.5 Å². The molecule has 8 heteroatoms. The van der Waals surface area contributed by atoms with Gasteiger partial charge in [0.15, 0.2) is 0 Å². The van der Waals surface area contributed by atoms with Gasteiger partial charge in [0.25, 0.3) is 0 Å². The second-order valence-corrected chi connectivity index (χ2v) is 10.4. The summed E-state index contributed by atoms with van der Waals surface area (Å²) < 4.78 is 6.92. The van der Waals surface area contributed by atoms with E-state index in [9.17, 15) is 9.59 Å². The molecule has 0 saturated heterocycles. The number of amides is 3. The molecule has 1 heterocycles. The van der Waals surface area contributed by atoms with Crippen LogP contribution in [-0.4, -0.2) is 53.4 Å². The maximum absolute atomic E-state index is 13.2. The lowest BCUT2D eigenvalue weighted by molar-refractivity contribution is -0.116. The number of aromatic nitrogens is 2. The van der Waals surface area contributed by atoms with Crippen LogP contribution < -0.4 is 10.6 Å². The average Bonchev–Trinajstić information content (AvgIpc) is 3.25. The summed E-state index contributed by atoms with van der Waals surface area (Å²) in [5.74, 6) is 0.262. The van der Waals surface area contributed by atoms with Crippen LogP contribution in [0.4, 0.5) is 16.3 Å². The van der Waals surface area contributed by atoms with Crippen LogP contribution in [0.1, 0.15) is 49.6 Å². The number of methoxy groups -OCH3 is 1. The van der Waals surface area contributed by atoms with Crippen molar-refractivity contribution in [2.75, 3.05) is 37.4 Å². The molecule has 0 saturated carbocycles. The first kappa shape index (κ1) is 27.9. The van der Waals surface area contributed by atoms with E-state index in [0.717, 1.165) is 28.1 Å². The second-order valence-electron chi connectivity index (χ2n) is 10.4. The van der Waals surface area contributed by atoms with E-state index in [2.05, 4.69) is 31.4 Å². The lowest BCUT2D eigenvalue weighted by atomic mass is 9.92. The van der Waals surface area contributed by atoms with Gasteiger partial charge in [-0.3, -0.25) is 4.79 Å². The minimum atomic E-state index is -0.336. The molecule has 2 aromatic carbocycles. The van der Waals surface area contributed by atoms with E-state index in [1.807, 2.05) is 69.3 Å². The maximum Gasteiger partial charge on any atom is 0.322 e. The molecule has 0 spiro atoms. The number of hydrogen-bond acceptors (Lipinski definition) is 4. The van der Waals surface area contributed by atoms with Crippen LogP contribution in [0.2, 0.25) is 0 Å². The number of benzene rings is 2. The number of hydrogen-bond donors (Lipinski definition) is 2. The number of para-hydroxylation sites is 1. The van der Waals surface area contributed by atoms with Crippen molar-refractivity contribution < 1.29 is 14.3 Å². The number of rotatable bonds is 9. The van der Waals surface area contributed by atoms with Crippen molar-refractivity contribution in [3.8, 4) is 5.69 Å². The van der Waals surface area contributed by atoms with Crippen molar-refractivity contribution in [3.05, 3.63) is 70.9 Å². The molecule has 0 atom stereocenters. The molecule has 3 amide bonds. The van der Waals surface area contributed by atoms with Gasteiger partial charge in [-0.15, -0.1) is 0 Å². The normalized spacial score (nSPS) is 11.3. The average molecular weight is 506 g/mol. The van der Waals surface area contributed by atoms with E-state index in [1.54, 1.807) is 11.8 Å². The molecule has 0 radical (unpaired) electrons. The highest BCUT2D eigenvalue weighted by atomic mass is 16.5. The fraction of sp³-hybridized carbons (Fsp3) is 0.414. The second kappa shape index (κ2) is 12.1. The zero-order valence-electron chi connectivity index (χ0n) is 23.0. The first-order valence-corrected chi connectivity index (χ1v) is 12.6. The van der Waals surface area contributed by atoms with Crippen molar-refractivity contribution >= 4 is 23.4 Å². The molecule has 0 aliphatic rings. The lowest BCUT2D eigenvalue weighted by Gasteiger charge is -2.23. The predicted molar refractivity (Wildman–Crippen MR) is 149 cm³/mol. The SMILES string of the molecule is COCCCN(CC(=O)Nc1cc(C(C)(C)C)nn1-c1ccccc1C)C(=O)Nc1ccc(C)c(C)c1. The summed E-state index contributed by atoms with van der Waals surface area (Å²) in [5.41, 5.74) is 5.50. The van der Waals surface area contributed by atoms with Gasteiger partial charge >= 0.3 is 6.03 Å². The Bertz CT molecular complexity index is 1240. The molecule has 0 fully saturated rings. The molecule has 2 N–H and O–H groups in total. The first-order chi connectivity index (χ1) is 17.5. The van der Waals surface area contributed by atoms with Gasteiger partial charge < -0.3 is 20.3 Å². The van der Waals surface area contributed by atoms with E-state index < -0.39 is 0 Å². The maximum atomic E-state index is 13.2. The van der Waals surface area contributed by atoms with Crippen molar-refractivity contribution in [1.82, 2.24) is 14.7 Å². The van der Waals surface area contributed by atoms with E-state index in [0.29, 0.717) is 31.1 Å². The third kappa shape index (κ3) is 7.43. The number of aryl methyl sites for hydroxylation is 3. The third-order valence-electron chi connectivity index (χ3n) is 6.25. The summed E-state index contributed by atoms with van der Waals surface area (Å²) in [6.07, 6.45) is 0.611. The summed E-state index contributed by atoms with van der Waals surface area (Å²) in [7, 11) is 1.62.